The quantitative estimate of drug-likeness (QED) is 0.864. The number of aliphatic hydroxyl groups excluding tert-OH is 1. The molecule has 1 aromatic carbocycles. The van der Waals surface area contributed by atoms with E-state index in [-0.39, 0.29) is 5.92 Å². The number of fused-ring (bicyclic) bond motifs is 1. The van der Waals surface area contributed by atoms with Crippen LogP contribution in [0.25, 0.3) is 0 Å². The van der Waals surface area contributed by atoms with E-state index in [1.165, 1.54) is 5.56 Å². The number of ether oxygens (including phenoxy) is 1. The fraction of sp³-hybridized carbons (Fsp3) is 0.600. The lowest BCUT2D eigenvalue weighted by atomic mass is 9.90. The maximum atomic E-state index is 10.4. The number of hydrogen-bond acceptors (Lipinski definition) is 2. The van der Waals surface area contributed by atoms with Crippen LogP contribution in [0.2, 0.25) is 0 Å². The highest BCUT2D eigenvalue weighted by atomic mass is 16.5. The Morgan fingerprint density at radius 1 is 1.41 bits per heavy atom. The molecule has 94 valence electrons. The number of hydrogen-bond donors (Lipinski definition) is 1. The van der Waals surface area contributed by atoms with Crippen LogP contribution in [-0.2, 0) is 6.42 Å². The van der Waals surface area contributed by atoms with Gasteiger partial charge in [0.15, 0.2) is 0 Å². The van der Waals surface area contributed by atoms with E-state index in [0.29, 0.717) is 0 Å². The van der Waals surface area contributed by atoms with Crippen molar-refractivity contribution in [1.82, 2.24) is 0 Å². The summed E-state index contributed by atoms with van der Waals surface area (Å²) in [4.78, 5) is 0. The molecule has 0 aliphatic carbocycles. The van der Waals surface area contributed by atoms with Crippen molar-refractivity contribution in [3.63, 3.8) is 0 Å². The summed E-state index contributed by atoms with van der Waals surface area (Å²) in [6, 6.07) is 6.14. The van der Waals surface area contributed by atoms with E-state index in [2.05, 4.69) is 19.9 Å². The van der Waals surface area contributed by atoms with Gasteiger partial charge in [-0.1, -0.05) is 38.5 Å². The average molecular weight is 234 g/mol. The van der Waals surface area contributed by atoms with Gasteiger partial charge in [-0.2, -0.15) is 0 Å². The Morgan fingerprint density at radius 2 is 2.24 bits per heavy atom. The zero-order chi connectivity index (χ0) is 12.3. The van der Waals surface area contributed by atoms with E-state index in [9.17, 15) is 5.11 Å². The number of aryl methyl sites for hydroxylation is 1. The van der Waals surface area contributed by atoms with Gasteiger partial charge in [-0.25, -0.2) is 0 Å². The molecule has 2 rings (SSSR count). The topological polar surface area (TPSA) is 29.5 Å². The van der Waals surface area contributed by atoms with Gasteiger partial charge < -0.3 is 9.84 Å². The van der Waals surface area contributed by atoms with Crippen molar-refractivity contribution in [3.8, 4) is 5.75 Å². The lowest BCUT2D eigenvalue weighted by molar-refractivity contribution is 0.107. The van der Waals surface area contributed by atoms with Gasteiger partial charge in [0.05, 0.1) is 12.7 Å². The second-order valence-corrected chi connectivity index (χ2v) is 5.00. The largest absolute Gasteiger partial charge is 0.493 e. The van der Waals surface area contributed by atoms with Crippen LogP contribution >= 0.6 is 0 Å². The lowest BCUT2D eigenvalue weighted by Gasteiger charge is -2.25. The third-order valence-electron chi connectivity index (χ3n) is 3.57. The summed E-state index contributed by atoms with van der Waals surface area (Å²) in [5.41, 5.74) is 2.22. The zero-order valence-corrected chi connectivity index (χ0v) is 10.8. The minimum atomic E-state index is -0.400. The predicted molar refractivity (Wildman–Crippen MR) is 69.3 cm³/mol. The molecule has 0 fully saturated rings. The van der Waals surface area contributed by atoms with Crippen LogP contribution in [0.15, 0.2) is 18.2 Å². The van der Waals surface area contributed by atoms with Crippen LogP contribution in [0.1, 0.15) is 50.3 Å². The second kappa shape index (κ2) is 5.54. The Kier molecular flexibility index (Phi) is 4.06. The molecule has 0 aromatic heterocycles. The van der Waals surface area contributed by atoms with Crippen LogP contribution in [-0.4, -0.2) is 11.7 Å². The molecule has 2 nitrogen and oxygen atoms in total. The molecule has 2 unspecified atom stereocenters. The molecule has 0 amide bonds. The summed E-state index contributed by atoms with van der Waals surface area (Å²) in [7, 11) is 0. The first-order chi connectivity index (χ1) is 8.24. The second-order valence-electron chi connectivity index (χ2n) is 5.00. The van der Waals surface area contributed by atoms with Gasteiger partial charge in [-0.15, -0.1) is 0 Å². The third-order valence-corrected chi connectivity index (χ3v) is 3.57. The van der Waals surface area contributed by atoms with E-state index >= 15 is 0 Å². The number of para-hydroxylation sites is 1. The number of benzene rings is 1. The van der Waals surface area contributed by atoms with Gasteiger partial charge in [0.2, 0.25) is 0 Å². The predicted octanol–water partition coefficient (Wildman–Crippen LogP) is 3.48. The van der Waals surface area contributed by atoms with Crippen molar-refractivity contribution >= 4 is 0 Å². The van der Waals surface area contributed by atoms with Crippen LogP contribution in [0, 0.1) is 5.92 Å². The first kappa shape index (κ1) is 12.4. The standard InChI is InChI=1S/C15H22O2/c1-3-6-11(2)14(16)13-9-4-7-12-8-5-10-17-15(12)13/h4,7,9,11,14,16H,3,5-6,8,10H2,1-2H3. The third kappa shape index (κ3) is 2.63. The minimum Gasteiger partial charge on any atom is -0.493 e. The Bertz CT molecular complexity index is 373. The van der Waals surface area contributed by atoms with Crippen molar-refractivity contribution in [2.24, 2.45) is 5.92 Å². The molecule has 0 saturated heterocycles. The molecule has 2 atom stereocenters. The lowest BCUT2D eigenvalue weighted by Crippen LogP contribution is -2.15. The molecule has 0 radical (unpaired) electrons. The first-order valence-corrected chi connectivity index (χ1v) is 6.66. The fourth-order valence-corrected chi connectivity index (χ4v) is 2.57. The Balaban J connectivity index is 2.25. The minimum absolute atomic E-state index is 0.289. The molecule has 0 bridgehead atoms. The van der Waals surface area contributed by atoms with Crippen molar-refractivity contribution in [1.29, 1.82) is 0 Å². The molecule has 1 heterocycles. The van der Waals surface area contributed by atoms with Crippen molar-refractivity contribution < 1.29 is 9.84 Å². The molecular weight excluding hydrogens is 212 g/mol. The molecule has 1 aliphatic heterocycles. The summed E-state index contributed by atoms with van der Waals surface area (Å²) < 4.78 is 5.74. The molecule has 0 saturated carbocycles. The summed E-state index contributed by atoms with van der Waals surface area (Å²) >= 11 is 0. The monoisotopic (exact) mass is 234 g/mol. The Hall–Kier alpha value is -1.02. The highest BCUT2D eigenvalue weighted by Gasteiger charge is 2.22. The summed E-state index contributed by atoms with van der Waals surface area (Å²) in [6.07, 6.45) is 3.90. The highest BCUT2D eigenvalue weighted by molar-refractivity contribution is 5.44. The normalized spacial score (nSPS) is 18.1. The number of aliphatic hydroxyl groups is 1. The fourth-order valence-electron chi connectivity index (χ4n) is 2.57. The Labute approximate surface area is 104 Å². The van der Waals surface area contributed by atoms with E-state index in [4.69, 9.17) is 4.74 Å². The van der Waals surface area contributed by atoms with Crippen molar-refractivity contribution in [2.45, 2.75) is 45.6 Å². The molecule has 0 spiro atoms. The van der Waals surface area contributed by atoms with Crippen LogP contribution in [0.3, 0.4) is 0 Å². The smallest absolute Gasteiger partial charge is 0.128 e. The van der Waals surface area contributed by atoms with Gasteiger partial charge in [0.1, 0.15) is 5.75 Å². The summed E-state index contributed by atoms with van der Waals surface area (Å²) in [5, 5.41) is 10.4. The van der Waals surface area contributed by atoms with Crippen LogP contribution in [0.5, 0.6) is 5.75 Å². The SMILES string of the molecule is CCCC(C)C(O)c1cccc2c1OCCC2. The van der Waals surface area contributed by atoms with Crippen molar-refractivity contribution in [2.75, 3.05) is 6.61 Å². The Morgan fingerprint density at radius 3 is 3.00 bits per heavy atom. The first-order valence-electron chi connectivity index (χ1n) is 6.66. The van der Waals surface area contributed by atoms with E-state index in [1.807, 2.05) is 12.1 Å². The molecule has 1 N–H and O–H groups in total. The van der Waals surface area contributed by atoms with Crippen LogP contribution in [0.4, 0.5) is 0 Å². The van der Waals surface area contributed by atoms with E-state index < -0.39 is 6.10 Å². The van der Waals surface area contributed by atoms with Crippen molar-refractivity contribution in [3.05, 3.63) is 29.3 Å². The zero-order valence-electron chi connectivity index (χ0n) is 10.8. The molecule has 1 aromatic rings. The maximum Gasteiger partial charge on any atom is 0.128 e. The average Bonchev–Trinajstić information content (AvgIpc) is 2.37. The van der Waals surface area contributed by atoms with Gasteiger partial charge in [0, 0.05) is 5.56 Å². The summed E-state index contributed by atoms with van der Waals surface area (Å²) in [5.74, 6) is 1.23. The molecule has 17 heavy (non-hydrogen) atoms. The van der Waals surface area contributed by atoms with E-state index in [1.54, 1.807) is 0 Å². The summed E-state index contributed by atoms with van der Waals surface area (Å²) in [6.45, 7) is 5.04. The van der Waals surface area contributed by atoms with Gasteiger partial charge in [-0.3, -0.25) is 0 Å². The number of rotatable bonds is 4. The molecule has 1 aliphatic rings. The highest BCUT2D eigenvalue weighted by Crippen LogP contribution is 2.36. The van der Waals surface area contributed by atoms with Gasteiger partial charge >= 0.3 is 0 Å². The van der Waals surface area contributed by atoms with Gasteiger partial charge in [0.25, 0.3) is 0 Å². The maximum absolute atomic E-state index is 10.4. The molecular formula is C15H22O2. The van der Waals surface area contributed by atoms with E-state index in [0.717, 1.165) is 43.6 Å². The van der Waals surface area contributed by atoms with Gasteiger partial charge in [-0.05, 0) is 30.7 Å². The molecule has 2 heteroatoms. The van der Waals surface area contributed by atoms with Crippen LogP contribution < -0.4 is 4.74 Å².